The van der Waals surface area contributed by atoms with Crippen molar-refractivity contribution in [2.45, 2.75) is 0 Å². The van der Waals surface area contributed by atoms with Crippen LogP contribution in [0.2, 0.25) is 0 Å². The summed E-state index contributed by atoms with van der Waals surface area (Å²) in [4.78, 5) is 19.0. The van der Waals surface area contributed by atoms with E-state index in [1.807, 2.05) is 30.3 Å². The summed E-state index contributed by atoms with van der Waals surface area (Å²) >= 11 is 3.17. The predicted octanol–water partition coefficient (Wildman–Crippen LogP) is 7.19. The number of nitrogens with zero attached hydrogens (tertiary/aromatic N) is 5. The third-order valence-electron chi connectivity index (χ3n) is 4.36. The van der Waals surface area contributed by atoms with Crippen LogP contribution in [0.4, 0.5) is 44.5 Å². The fourth-order valence-corrected chi connectivity index (χ4v) is 3.14. The topological polar surface area (TPSA) is 118 Å². The van der Waals surface area contributed by atoms with Gasteiger partial charge in [0.1, 0.15) is 12.1 Å². The number of nitro groups is 1. The van der Waals surface area contributed by atoms with Crippen LogP contribution in [0.25, 0.3) is 0 Å². The molecule has 0 saturated carbocycles. The second kappa shape index (κ2) is 9.92. The van der Waals surface area contributed by atoms with Gasteiger partial charge in [-0.25, -0.2) is 14.4 Å². The fraction of sp³-hybridized carbons (Fsp3) is 0. The van der Waals surface area contributed by atoms with Crippen LogP contribution in [0.1, 0.15) is 0 Å². The molecular weight excluding hydrogens is 493 g/mol. The molecule has 0 aliphatic heterocycles. The number of azo groups is 1. The predicted molar refractivity (Wildman–Crippen MR) is 126 cm³/mol. The Labute approximate surface area is 195 Å². The molecule has 33 heavy (non-hydrogen) atoms. The van der Waals surface area contributed by atoms with Gasteiger partial charge in [0.2, 0.25) is 11.6 Å². The van der Waals surface area contributed by atoms with E-state index in [4.69, 9.17) is 0 Å². The molecule has 0 spiro atoms. The van der Waals surface area contributed by atoms with Crippen LogP contribution in [0.5, 0.6) is 0 Å². The van der Waals surface area contributed by atoms with E-state index in [1.165, 1.54) is 12.1 Å². The van der Waals surface area contributed by atoms with Crippen LogP contribution in [-0.2, 0) is 0 Å². The maximum atomic E-state index is 14.2. The van der Waals surface area contributed by atoms with E-state index in [0.717, 1.165) is 12.0 Å². The molecule has 4 rings (SSSR count). The summed E-state index contributed by atoms with van der Waals surface area (Å²) < 4.78 is 14.7. The number of aromatic nitrogens is 2. The number of halogens is 2. The third kappa shape index (κ3) is 5.52. The first-order valence-corrected chi connectivity index (χ1v) is 10.3. The van der Waals surface area contributed by atoms with E-state index in [0.29, 0.717) is 15.8 Å². The van der Waals surface area contributed by atoms with Gasteiger partial charge in [0.25, 0.3) is 0 Å². The minimum atomic E-state index is -0.635. The molecule has 0 bridgehead atoms. The zero-order valence-electron chi connectivity index (χ0n) is 16.8. The van der Waals surface area contributed by atoms with Gasteiger partial charge in [0.15, 0.2) is 0 Å². The van der Waals surface area contributed by atoms with Crippen molar-refractivity contribution in [1.29, 1.82) is 0 Å². The normalized spacial score (nSPS) is 10.8. The second-order valence-electron chi connectivity index (χ2n) is 6.63. The Kier molecular flexibility index (Phi) is 6.60. The number of nitrogens with one attached hydrogen (secondary N) is 2. The van der Waals surface area contributed by atoms with Gasteiger partial charge in [-0.15, -0.1) is 0 Å². The average Bonchev–Trinajstić information content (AvgIpc) is 2.81. The van der Waals surface area contributed by atoms with E-state index in [-0.39, 0.29) is 17.3 Å². The Morgan fingerprint density at radius 3 is 2.15 bits per heavy atom. The number of benzene rings is 3. The first-order chi connectivity index (χ1) is 16.0. The first-order valence-electron chi connectivity index (χ1n) is 9.55. The zero-order chi connectivity index (χ0) is 23.2. The average molecular weight is 508 g/mol. The highest BCUT2D eigenvalue weighted by Crippen LogP contribution is 2.34. The van der Waals surface area contributed by atoms with Crippen LogP contribution in [-0.4, -0.2) is 14.9 Å². The van der Waals surface area contributed by atoms with E-state index >= 15 is 0 Å². The third-order valence-corrected chi connectivity index (χ3v) is 4.85. The summed E-state index contributed by atoms with van der Waals surface area (Å²) in [7, 11) is 0. The largest absolute Gasteiger partial charge is 0.353 e. The molecule has 0 aliphatic carbocycles. The summed E-state index contributed by atoms with van der Waals surface area (Å²) in [6, 6.07) is 20.4. The molecule has 0 fully saturated rings. The van der Waals surface area contributed by atoms with Crippen LogP contribution in [0.15, 0.2) is 93.8 Å². The zero-order valence-corrected chi connectivity index (χ0v) is 18.4. The maximum absolute atomic E-state index is 14.2. The van der Waals surface area contributed by atoms with Crippen molar-refractivity contribution in [2.75, 3.05) is 10.6 Å². The van der Waals surface area contributed by atoms with E-state index in [9.17, 15) is 14.5 Å². The Balaban J connectivity index is 1.56. The van der Waals surface area contributed by atoms with Gasteiger partial charge in [-0.1, -0.05) is 34.1 Å². The lowest BCUT2D eigenvalue weighted by molar-refractivity contribution is -0.383. The van der Waals surface area contributed by atoms with Crippen molar-refractivity contribution >= 4 is 56.0 Å². The summed E-state index contributed by atoms with van der Waals surface area (Å²) in [5, 5.41) is 25.6. The maximum Gasteiger partial charge on any atom is 0.353 e. The Morgan fingerprint density at radius 1 is 0.879 bits per heavy atom. The lowest BCUT2D eigenvalue weighted by Gasteiger charge is -2.11. The van der Waals surface area contributed by atoms with Crippen molar-refractivity contribution in [3.63, 3.8) is 0 Å². The molecule has 0 unspecified atom stereocenters. The summed E-state index contributed by atoms with van der Waals surface area (Å²) in [6.07, 6.45) is 1.15. The monoisotopic (exact) mass is 507 g/mol. The van der Waals surface area contributed by atoms with Crippen LogP contribution in [0.3, 0.4) is 0 Å². The minimum Gasteiger partial charge on any atom is -0.334 e. The van der Waals surface area contributed by atoms with Gasteiger partial charge < -0.3 is 10.6 Å². The van der Waals surface area contributed by atoms with Gasteiger partial charge in [-0.3, -0.25) is 10.1 Å². The molecular formula is C22H15BrFN7O2. The molecule has 1 aromatic heterocycles. The Bertz CT molecular complexity index is 1320. The smallest absolute Gasteiger partial charge is 0.334 e. The molecule has 9 nitrogen and oxygen atoms in total. The molecule has 0 saturated heterocycles. The molecule has 0 atom stereocenters. The van der Waals surface area contributed by atoms with Gasteiger partial charge >= 0.3 is 5.69 Å². The van der Waals surface area contributed by atoms with E-state index in [1.54, 1.807) is 30.3 Å². The van der Waals surface area contributed by atoms with Crippen molar-refractivity contribution in [3.8, 4) is 0 Å². The highest BCUT2D eigenvalue weighted by atomic mass is 79.9. The van der Waals surface area contributed by atoms with Crippen LogP contribution < -0.4 is 10.6 Å². The van der Waals surface area contributed by atoms with Crippen LogP contribution >= 0.6 is 15.9 Å². The molecule has 164 valence electrons. The number of hydrogen-bond acceptors (Lipinski definition) is 8. The lowest BCUT2D eigenvalue weighted by Crippen LogP contribution is -2.06. The molecule has 3 aromatic carbocycles. The molecule has 0 amide bonds. The Hall–Kier alpha value is -4.25. The quantitative estimate of drug-likeness (QED) is 0.155. The summed E-state index contributed by atoms with van der Waals surface area (Å²) in [5.41, 5.74) is 1.48. The van der Waals surface area contributed by atoms with Crippen molar-refractivity contribution in [3.05, 3.63) is 99.5 Å². The standard InChI is InChI=1S/C22H15BrFN7O2/c23-14-6-11-19(18(24)12-14)28-22-20(31(32)33)21(25-13-26-22)27-15-7-9-17(10-8-15)30-29-16-4-2-1-3-5-16/h1-13H,(H2,25,26,27,28). The van der Waals surface area contributed by atoms with Gasteiger partial charge in [0.05, 0.1) is 22.0 Å². The lowest BCUT2D eigenvalue weighted by atomic mass is 10.2. The molecule has 0 aliphatic rings. The number of hydrogen-bond donors (Lipinski definition) is 2. The molecule has 11 heteroatoms. The second-order valence-corrected chi connectivity index (χ2v) is 7.55. The minimum absolute atomic E-state index is 0.0408. The number of rotatable bonds is 7. The fourth-order valence-electron chi connectivity index (χ4n) is 2.81. The van der Waals surface area contributed by atoms with Crippen LogP contribution in [0, 0.1) is 15.9 Å². The highest BCUT2D eigenvalue weighted by Gasteiger charge is 2.24. The van der Waals surface area contributed by atoms with Gasteiger partial charge in [-0.05, 0) is 54.6 Å². The molecule has 2 N–H and O–H groups in total. The van der Waals surface area contributed by atoms with Crippen molar-refractivity contribution in [1.82, 2.24) is 9.97 Å². The highest BCUT2D eigenvalue weighted by molar-refractivity contribution is 9.10. The number of anilines is 4. The summed E-state index contributed by atoms with van der Waals surface area (Å²) in [6.45, 7) is 0. The van der Waals surface area contributed by atoms with E-state index in [2.05, 4.69) is 46.8 Å². The molecule has 4 aromatic rings. The molecule has 1 heterocycles. The van der Waals surface area contributed by atoms with E-state index < -0.39 is 16.4 Å². The first kappa shape index (κ1) is 22.0. The summed E-state index contributed by atoms with van der Waals surface area (Å²) in [5.74, 6) is -0.785. The van der Waals surface area contributed by atoms with Crippen molar-refractivity contribution in [2.24, 2.45) is 10.2 Å². The Morgan fingerprint density at radius 2 is 1.52 bits per heavy atom. The van der Waals surface area contributed by atoms with Gasteiger partial charge in [-0.2, -0.15) is 10.2 Å². The molecule has 0 radical (unpaired) electrons. The SMILES string of the molecule is O=[N+]([O-])c1c(Nc2ccc(N=Nc3ccccc3)cc2)ncnc1Nc1ccc(Br)cc1F. The van der Waals surface area contributed by atoms with Gasteiger partial charge in [0, 0.05) is 10.2 Å². The van der Waals surface area contributed by atoms with Crippen molar-refractivity contribution < 1.29 is 9.31 Å².